The Morgan fingerprint density at radius 2 is 1.82 bits per heavy atom. The van der Waals surface area contributed by atoms with E-state index in [4.69, 9.17) is 4.74 Å². The number of aryl methyl sites for hydroxylation is 1. The van der Waals surface area contributed by atoms with Crippen molar-refractivity contribution < 1.29 is 9.53 Å². The van der Waals surface area contributed by atoms with Gasteiger partial charge in [0, 0.05) is 22.8 Å². The molecular formula is C17H14N2O2S. The zero-order valence-corrected chi connectivity index (χ0v) is 12.8. The quantitative estimate of drug-likeness (QED) is 0.540. The SMILES string of the molecule is CCc1ccc(C(=O)Oc2ccc(-c3ncccn3)cc2)s1. The van der Waals surface area contributed by atoms with E-state index < -0.39 is 0 Å². The van der Waals surface area contributed by atoms with Crippen molar-refractivity contribution in [3.05, 3.63) is 64.6 Å². The second-order valence-corrected chi connectivity index (χ2v) is 5.77. The van der Waals surface area contributed by atoms with Crippen LogP contribution < -0.4 is 4.74 Å². The number of esters is 1. The summed E-state index contributed by atoms with van der Waals surface area (Å²) in [5.74, 6) is 0.829. The van der Waals surface area contributed by atoms with Crippen LogP contribution in [0.25, 0.3) is 11.4 Å². The topological polar surface area (TPSA) is 52.1 Å². The van der Waals surface area contributed by atoms with Gasteiger partial charge in [0.05, 0.1) is 0 Å². The maximum absolute atomic E-state index is 12.1. The molecule has 110 valence electrons. The normalized spacial score (nSPS) is 10.4. The molecule has 2 heterocycles. The summed E-state index contributed by atoms with van der Waals surface area (Å²) in [6, 6.07) is 12.7. The molecule has 4 nitrogen and oxygen atoms in total. The van der Waals surface area contributed by atoms with Crippen LogP contribution >= 0.6 is 11.3 Å². The summed E-state index contributed by atoms with van der Waals surface area (Å²) in [5, 5.41) is 0. The molecule has 0 saturated carbocycles. The van der Waals surface area contributed by atoms with Crippen molar-refractivity contribution in [3.63, 3.8) is 0 Å². The third-order valence-corrected chi connectivity index (χ3v) is 4.31. The summed E-state index contributed by atoms with van der Waals surface area (Å²) < 4.78 is 5.38. The molecule has 3 aromatic rings. The molecule has 0 fully saturated rings. The van der Waals surface area contributed by atoms with Crippen molar-refractivity contribution in [2.45, 2.75) is 13.3 Å². The van der Waals surface area contributed by atoms with Gasteiger partial charge >= 0.3 is 5.97 Å². The zero-order chi connectivity index (χ0) is 15.4. The number of thiophene rings is 1. The van der Waals surface area contributed by atoms with Gasteiger partial charge < -0.3 is 4.74 Å². The number of ether oxygens (including phenoxy) is 1. The van der Waals surface area contributed by atoms with Crippen molar-refractivity contribution >= 4 is 17.3 Å². The summed E-state index contributed by atoms with van der Waals surface area (Å²) in [6.45, 7) is 2.06. The fraction of sp³-hybridized carbons (Fsp3) is 0.118. The van der Waals surface area contributed by atoms with E-state index >= 15 is 0 Å². The summed E-state index contributed by atoms with van der Waals surface area (Å²) >= 11 is 1.47. The Bertz CT molecular complexity index is 767. The lowest BCUT2D eigenvalue weighted by atomic mass is 10.2. The number of nitrogens with zero attached hydrogens (tertiary/aromatic N) is 2. The number of benzene rings is 1. The largest absolute Gasteiger partial charge is 0.422 e. The predicted octanol–water partition coefficient (Wildman–Crippen LogP) is 3.99. The highest BCUT2D eigenvalue weighted by atomic mass is 32.1. The van der Waals surface area contributed by atoms with Crippen LogP contribution in [0.2, 0.25) is 0 Å². The first-order valence-corrected chi connectivity index (χ1v) is 7.76. The molecule has 0 unspecified atom stereocenters. The Balaban J connectivity index is 1.72. The third kappa shape index (κ3) is 3.20. The summed E-state index contributed by atoms with van der Waals surface area (Å²) in [4.78, 5) is 22.2. The molecule has 0 saturated heterocycles. The van der Waals surface area contributed by atoms with Crippen LogP contribution in [0.1, 0.15) is 21.5 Å². The molecule has 2 aromatic heterocycles. The second kappa shape index (κ2) is 6.49. The van der Waals surface area contributed by atoms with Gasteiger partial charge in [0.1, 0.15) is 10.6 Å². The number of carbonyl (C=O) groups is 1. The highest BCUT2D eigenvalue weighted by Gasteiger charge is 2.11. The highest BCUT2D eigenvalue weighted by molar-refractivity contribution is 7.13. The van der Waals surface area contributed by atoms with Gasteiger partial charge in [-0.05, 0) is 48.9 Å². The van der Waals surface area contributed by atoms with Crippen LogP contribution in [0.15, 0.2) is 54.9 Å². The number of hydrogen-bond acceptors (Lipinski definition) is 5. The number of hydrogen-bond donors (Lipinski definition) is 0. The predicted molar refractivity (Wildman–Crippen MR) is 86.1 cm³/mol. The van der Waals surface area contributed by atoms with Crippen LogP contribution in [0, 0.1) is 0 Å². The van der Waals surface area contributed by atoms with E-state index in [1.165, 1.54) is 16.2 Å². The molecular weight excluding hydrogens is 296 g/mol. The van der Waals surface area contributed by atoms with Crippen LogP contribution in [0.5, 0.6) is 5.75 Å². The Labute approximate surface area is 132 Å². The maximum atomic E-state index is 12.1. The van der Waals surface area contributed by atoms with Crippen LogP contribution in [0.4, 0.5) is 0 Å². The molecule has 0 N–H and O–H groups in total. The van der Waals surface area contributed by atoms with E-state index in [9.17, 15) is 4.79 Å². The van der Waals surface area contributed by atoms with E-state index in [1.54, 1.807) is 36.7 Å². The Kier molecular flexibility index (Phi) is 4.25. The number of carbonyl (C=O) groups excluding carboxylic acids is 1. The van der Waals surface area contributed by atoms with E-state index in [2.05, 4.69) is 16.9 Å². The smallest absolute Gasteiger partial charge is 0.353 e. The van der Waals surface area contributed by atoms with Gasteiger partial charge in [-0.2, -0.15) is 0 Å². The molecule has 0 aliphatic heterocycles. The lowest BCUT2D eigenvalue weighted by molar-refractivity contribution is 0.0740. The monoisotopic (exact) mass is 310 g/mol. The molecule has 3 rings (SSSR count). The van der Waals surface area contributed by atoms with Gasteiger partial charge in [-0.15, -0.1) is 11.3 Å². The molecule has 5 heteroatoms. The van der Waals surface area contributed by atoms with Gasteiger partial charge in [0.2, 0.25) is 0 Å². The average Bonchev–Trinajstić information content (AvgIpc) is 3.06. The van der Waals surface area contributed by atoms with E-state index in [0.717, 1.165) is 12.0 Å². The lowest BCUT2D eigenvalue weighted by Crippen LogP contribution is -2.06. The van der Waals surface area contributed by atoms with Crippen molar-refractivity contribution in [3.8, 4) is 17.1 Å². The van der Waals surface area contributed by atoms with Gasteiger partial charge in [-0.3, -0.25) is 0 Å². The van der Waals surface area contributed by atoms with Crippen molar-refractivity contribution in [2.24, 2.45) is 0 Å². The Hall–Kier alpha value is -2.53. The average molecular weight is 310 g/mol. The van der Waals surface area contributed by atoms with Crippen LogP contribution in [-0.4, -0.2) is 15.9 Å². The standard InChI is InChI=1S/C17H14N2O2S/c1-2-14-8-9-15(22-14)17(20)21-13-6-4-12(5-7-13)16-18-10-3-11-19-16/h3-11H,2H2,1H3. The van der Waals surface area contributed by atoms with Crippen molar-refractivity contribution in [1.82, 2.24) is 9.97 Å². The van der Waals surface area contributed by atoms with Gasteiger partial charge in [0.15, 0.2) is 5.82 Å². The summed E-state index contributed by atoms with van der Waals surface area (Å²) in [6.07, 6.45) is 4.31. The zero-order valence-electron chi connectivity index (χ0n) is 12.0. The molecule has 0 radical (unpaired) electrons. The van der Waals surface area contributed by atoms with Gasteiger partial charge in [0.25, 0.3) is 0 Å². The second-order valence-electron chi connectivity index (χ2n) is 4.61. The van der Waals surface area contributed by atoms with E-state index in [1.807, 2.05) is 18.2 Å². The summed E-state index contributed by atoms with van der Waals surface area (Å²) in [7, 11) is 0. The third-order valence-electron chi connectivity index (χ3n) is 3.10. The molecule has 0 spiro atoms. The molecule has 0 aliphatic carbocycles. The molecule has 0 aliphatic rings. The van der Waals surface area contributed by atoms with Crippen LogP contribution in [-0.2, 0) is 6.42 Å². The van der Waals surface area contributed by atoms with E-state index in [0.29, 0.717) is 16.5 Å². The fourth-order valence-electron chi connectivity index (χ4n) is 1.96. The fourth-order valence-corrected chi connectivity index (χ4v) is 2.78. The molecule has 0 bridgehead atoms. The molecule has 1 aromatic carbocycles. The minimum absolute atomic E-state index is 0.326. The number of aromatic nitrogens is 2. The first kappa shape index (κ1) is 14.4. The van der Waals surface area contributed by atoms with Gasteiger partial charge in [-0.25, -0.2) is 14.8 Å². The molecule has 0 atom stereocenters. The minimum Gasteiger partial charge on any atom is -0.422 e. The highest BCUT2D eigenvalue weighted by Crippen LogP contribution is 2.22. The maximum Gasteiger partial charge on any atom is 0.353 e. The number of rotatable bonds is 4. The van der Waals surface area contributed by atoms with E-state index in [-0.39, 0.29) is 5.97 Å². The lowest BCUT2D eigenvalue weighted by Gasteiger charge is -2.04. The Morgan fingerprint density at radius 1 is 1.09 bits per heavy atom. The first-order valence-electron chi connectivity index (χ1n) is 6.94. The Morgan fingerprint density at radius 3 is 2.45 bits per heavy atom. The van der Waals surface area contributed by atoms with Crippen molar-refractivity contribution in [1.29, 1.82) is 0 Å². The first-order chi connectivity index (χ1) is 10.8. The van der Waals surface area contributed by atoms with Gasteiger partial charge in [-0.1, -0.05) is 6.92 Å². The molecule has 22 heavy (non-hydrogen) atoms. The summed E-state index contributed by atoms with van der Waals surface area (Å²) in [5.41, 5.74) is 0.879. The minimum atomic E-state index is -0.326. The van der Waals surface area contributed by atoms with Crippen molar-refractivity contribution in [2.75, 3.05) is 0 Å². The van der Waals surface area contributed by atoms with Crippen LogP contribution in [0.3, 0.4) is 0 Å². The molecule has 0 amide bonds.